The molecular weight excluding hydrogens is 388 g/mol. The first-order valence-corrected chi connectivity index (χ1v) is 7.57. The van der Waals surface area contributed by atoms with Gasteiger partial charge in [0.2, 0.25) is 0 Å². The van der Waals surface area contributed by atoms with E-state index in [1.54, 1.807) is 7.11 Å². The second-order valence-electron chi connectivity index (χ2n) is 4.16. The van der Waals surface area contributed by atoms with Crippen molar-refractivity contribution in [3.05, 3.63) is 56.5 Å². The molecule has 0 saturated heterocycles. The highest BCUT2D eigenvalue weighted by Gasteiger charge is 2.05. The highest BCUT2D eigenvalue weighted by atomic mass is 79.9. The summed E-state index contributed by atoms with van der Waals surface area (Å²) in [4.78, 5) is 0. The summed E-state index contributed by atoms with van der Waals surface area (Å²) in [5, 5.41) is 9.23. The molecule has 2 rings (SSSR count). The van der Waals surface area contributed by atoms with Crippen LogP contribution in [0.1, 0.15) is 11.1 Å². The normalized spacial score (nSPS) is 10.4. The largest absolute Gasteiger partial charge is 0.497 e. The van der Waals surface area contributed by atoms with Crippen molar-refractivity contribution in [2.24, 2.45) is 0 Å². The van der Waals surface area contributed by atoms with E-state index in [1.165, 1.54) is 0 Å². The molecule has 5 heteroatoms. The Balaban J connectivity index is 2.12. The van der Waals surface area contributed by atoms with Crippen LogP contribution in [0.2, 0.25) is 0 Å². The molecule has 0 spiro atoms. The third-order valence-corrected chi connectivity index (χ3v) is 4.38. The van der Waals surface area contributed by atoms with Crippen LogP contribution in [0.25, 0.3) is 0 Å². The van der Waals surface area contributed by atoms with Crippen LogP contribution < -0.4 is 9.47 Å². The van der Waals surface area contributed by atoms with Crippen molar-refractivity contribution in [2.45, 2.75) is 13.2 Å². The number of aliphatic hydroxyl groups is 1. The first-order valence-electron chi connectivity index (χ1n) is 5.98. The number of halogens is 2. The average Bonchev–Trinajstić information content (AvgIpc) is 2.47. The molecule has 0 aromatic heterocycles. The summed E-state index contributed by atoms with van der Waals surface area (Å²) in [7, 11) is 1.64. The maximum atomic E-state index is 9.23. The predicted molar refractivity (Wildman–Crippen MR) is 85.1 cm³/mol. The molecule has 1 N–H and O–H groups in total. The zero-order valence-electron chi connectivity index (χ0n) is 10.9. The number of hydrogen-bond acceptors (Lipinski definition) is 3. The molecule has 0 aliphatic heterocycles. The first kappa shape index (κ1) is 15.4. The van der Waals surface area contributed by atoms with Crippen LogP contribution in [-0.4, -0.2) is 12.2 Å². The smallest absolute Gasteiger partial charge is 0.120 e. The van der Waals surface area contributed by atoms with Gasteiger partial charge in [-0.3, -0.25) is 0 Å². The molecule has 0 heterocycles. The molecule has 0 amide bonds. The second kappa shape index (κ2) is 7.11. The Bertz CT molecular complexity index is 600. The molecule has 0 aliphatic carbocycles. The van der Waals surface area contributed by atoms with Gasteiger partial charge >= 0.3 is 0 Å². The van der Waals surface area contributed by atoms with E-state index in [4.69, 9.17) is 9.47 Å². The van der Waals surface area contributed by atoms with Crippen LogP contribution in [0.3, 0.4) is 0 Å². The minimum atomic E-state index is -0.0271. The molecule has 0 bridgehead atoms. The van der Waals surface area contributed by atoms with E-state index in [-0.39, 0.29) is 6.61 Å². The van der Waals surface area contributed by atoms with Gasteiger partial charge in [-0.1, -0.05) is 31.9 Å². The van der Waals surface area contributed by atoms with Gasteiger partial charge < -0.3 is 14.6 Å². The molecule has 0 aliphatic rings. The van der Waals surface area contributed by atoms with Gasteiger partial charge in [-0.15, -0.1) is 0 Å². The van der Waals surface area contributed by atoms with Crippen molar-refractivity contribution in [3.8, 4) is 11.5 Å². The molecule has 20 heavy (non-hydrogen) atoms. The lowest BCUT2D eigenvalue weighted by Gasteiger charge is -2.11. The number of benzene rings is 2. The Morgan fingerprint density at radius 2 is 1.55 bits per heavy atom. The lowest BCUT2D eigenvalue weighted by Crippen LogP contribution is -1.98. The Morgan fingerprint density at radius 3 is 2.20 bits per heavy atom. The summed E-state index contributed by atoms with van der Waals surface area (Å²) in [6.45, 7) is 0.394. The molecule has 0 fully saturated rings. The summed E-state index contributed by atoms with van der Waals surface area (Å²) in [5.41, 5.74) is 1.80. The summed E-state index contributed by atoms with van der Waals surface area (Å²) in [5.74, 6) is 1.51. The fourth-order valence-electron chi connectivity index (χ4n) is 1.71. The van der Waals surface area contributed by atoms with Crippen molar-refractivity contribution in [1.29, 1.82) is 0 Å². The van der Waals surface area contributed by atoms with E-state index in [1.807, 2.05) is 36.4 Å². The molecular formula is C15H14Br2O3. The lowest BCUT2D eigenvalue weighted by molar-refractivity contribution is 0.277. The topological polar surface area (TPSA) is 38.7 Å². The molecule has 3 nitrogen and oxygen atoms in total. The third kappa shape index (κ3) is 3.75. The zero-order valence-corrected chi connectivity index (χ0v) is 14.1. The summed E-state index contributed by atoms with van der Waals surface area (Å²) >= 11 is 6.87. The minimum Gasteiger partial charge on any atom is -0.497 e. The van der Waals surface area contributed by atoms with Gasteiger partial charge in [-0.25, -0.2) is 0 Å². The SMILES string of the molecule is COc1ccc(Br)c(COc2ccc(Br)c(CO)c2)c1. The Hall–Kier alpha value is -1.04. The van der Waals surface area contributed by atoms with Crippen LogP contribution in [0.15, 0.2) is 45.3 Å². The van der Waals surface area contributed by atoms with Crippen LogP contribution in [0.5, 0.6) is 11.5 Å². The third-order valence-electron chi connectivity index (χ3n) is 2.83. The molecule has 0 radical (unpaired) electrons. The monoisotopic (exact) mass is 400 g/mol. The van der Waals surface area contributed by atoms with E-state index in [0.717, 1.165) is 25.8 Å². The molecule has 106 valence electrons. The second-order valence-corrected chi connectivity index (χ2v) is 5.87. The standard InChI is InChI=1S/C15H14Br2O3/c1-19-12-2-4-15(17)11(7-12)9-20-13-3-5-14(16)10(6-13)8-18/h2-7,18H,8-9H2,1H3. The fourth-order valence-corrected chi connectivity index (χ4v) is 2.44. The van der Waals surface area contributed by atoms with Gasteiger partial charge in [0.1, 0.15) is 18.1 Å². The quantitative estimate of drug-likeness (QED) is 0.811. The molecule has 2 aromatic carbocycles. The maximum Gasteiger partial charge on any atom is 0.120 e. The number of aliphatic hydroxyl groups excluding tert-OH is 1. The van der Waals surface area contributed by atoms with E-state index in [0.29, 0.717) is 12.4 Å². The van der Waals surface area contributed by atoms with E-state index >= 15 is 0 Å². The van der Waals surface area contributed by atoms with Gasteiger partial charge in [0.15, 0.2) is 0 Å². The van der Waals surface area contributed by atoms with E-state index in [2.05, 4.69) is 31.9 Å². The predicted octanol–water partition coefficient (Wildman–Crippen LogP) is 4.29. The van der Waals surface area contributed by atoms with Gasteiger partial charge in [0.25, 0.3) is 0 Å². The van der Waals surface area contributed by atoms with Crippen molar-refractivity contribution in [3.63, 3.8) is 0 Å². The van der Waals surface area contributed by atoms with Gasteiger partial charge in [0.05, 0.1) is 13.7 Å². The molecule has 0 unspecified atom stereocenters. The van der Waals surface area contributed by atoms with E-state index in [9.17, 15) is 5.11 Å². The van der Waals surface area contributed by atoms with E-state index < -0.39 is 0 Å². The first-order chi connectivity index (χ1) is 9.63. The zero-order chi connectivity index (χ0) is 14.5. The van der Waals surface area contributed by atoms with Crippen molar-refractivity contribution >= 4 is 31.9 Å². The lowest BCUT2D eigenvalue weighted by atomic mass is 10.2. The van der Waals surface area contributed by atoms with Crippen LogP contribution in [0.4, 0.5) is 0 Å². The summed E-state index contributed by atoms with van der Waals surface area (Å²) in [6.07, 6.45) is 0. The van der Waals surface area contributed by atoms with Crippen LogP contribution in [-0.2, 0) is 13.2 Å². The molecule has 0 atom stereocenters. The van der Waals surface area contributed by atoms with Gasteiger partial charge in [-0.05, 0) is 42.0 Å². The van der Waals surface area contributed by atoms with Gasteiger partial charge in [-0.2, -0.15) is 0 Å². The van der Waals surface area contributed by atoms with Crippen molar-refractivity contribution in [2.75, 3.05) is 7.11 Å². The Morgan fingerprint density at radius 1 is 0.950 bits per heavy atom. The number of hydrogen-bond donors (Lipinski definition) is 1. The molecule has 0 saturated carbocycles. The highest BCUT2D eigenvalue weighted by Crippen LogP contribution is 2.26. The number of methoxy groups -OCH3 is 1. The highest BCUT2D eigenvalue weighted by molar-refractivity contribution is 9.10. The van der Waals surface area contributed by atoms with Gasteiger partial charge in [0, 0.05) is 14.5 Å². The summed E-state index contributed by atoms with van der Waals surface area (Å²) in [6, 6.07) is 11.3. The minimum absolute atomic E-state index is 0.0271. The number of rotatable bonds is 5. The van der Waals surface area contributed by atoms with Crippen molar-refractivity contribution in [1.82, 2.24) is 0 Å². The average molecular weight is 402 g/mol. The van der Waals surface area contributed by atoms with Crippen LogP contribution in [0, 0.1) is 0 Å². The molecule has 2 aromatic rings. The Kier molecular flexibility index (Phi) is 5.46. The van der Waals surface area contributed by atoms with Crippen LogP contribution >= 0.6 is 31.9 Å². The number of ether oxygens (including phenoxy) is 2. The fraction of sp³-hybridized carbons (Fsp3) is 0.200. The Labute approximate surface area is 134 Å². The van der Waals surface area contributed by atoms with Crippen molar-refractivity contribution < 1.29 is 14.6 Å². The maximum absolute atomic E-state index is 9.23. The summed E-state index contributed by atoms with van der Waals surface area (Å²) < 4.78 is 12.8.